The lowest BCUT2D eigenvalue weighted by molar-refractivity contribution is -0.125. The number of carbonyl (C=O) groups excluding carboxylic acids is 1. The summed E-state index contributed by atoms with van der Waals surface area (Å²) >= 11 is 0. The predicted molar refractivity (Wildman–Crippen MR) is 92.8 cm³/mol. The van der Waals surface area contributed by atoms with Gasteiger partial charge in [-0.2, -0.15) is 0 Å². The van der Waals surface area contributed by atoms with Crippen molar-refractivity contribution in [2.24, 2.45) is 11.2 Å². The first-order valence-electron chi connectivity index (χ1n) is 8.15. The van der Waals surface area contributed by atoms with Gasteiger partial charge in [0, 0.05) is 0 Å². The number of hydrogen-bond acceptors (Lipinski definition) is 3. The van der Waals surface area contributed by atoms with Crippen LogP contribution in [-0.4, -0.2) is 17.0 Å². The van der Waals surface area contributed by atoms with Crippen LogP contribution >= 0.6 is 0 Å². The standard InChI is InChI=1S/C19H21N3O2/c1-13-17(15-9-5-3-6-10-15)22(21-24)18(14(2)20-19(13)23)16-11-7-4-8-12-16/h3-14,17-18H,1-2H3,(H,20,23). The second-order valence-corrected chi connectivity index (χ2v) is 6.26. The number of rotatable bonds is 3. The first-order chi connectivity index (χ1) is 11.6. The largest absolute Gasteiger partial charge is 0.351 e. The third kappa shape index (κ3) is 2.89. The first-order valence-corrected chi connectivity index (χ1v) is 8.15. The third-order valence-electron chi connectivity index (χ3n) is 4.68. The lowest BCUT2D eigenvalue weighted by Crippen LogP contribution is -2.39. The number of amides is 1. The molecule has 1 N–H and O–H groups in total. The monoisotopic (exact) mass is 323 g/mol. The van der Waals surface area contributed by atoms with Gasteiger partial charge in [0.1, 0.15) is 0 Å². The van der Waals surface area contributed by atoms with Crippen LogP contribution in [0.5, 0.6) is 0 Å². The molecule has 1 fully saturated rings. The number of nitrogens with zero attached hydrogens (tertiary/aromatic N) is 2. The van der Waals surface area contributed by atoms with Gasteiger partial charge in [-0.25, -0.2) is 5.01 Å². The normalized spacial score (nSPS) is 27.2. The summed E-state index contributed by atoms with van der Waals surface area (Å²) in [4.78, 5) is 24.4. The fourth-order valence-corrected chi connectivity index (χ4v) is 3.49. The Bertz CT molecular complexity index is 705. The van der Waals surface area contributed by atoms with Crippen molar-refractivity contribution in [1.29, 1.82) is 0 Å². The van der Waals surface area contributed by atoms with Gasteiger partial charge in [-0.3, -0.25) is 4.79 Å². The summed E-state index contributed by atoms with van der Waals surface area (Å²) in [5, 5.41) is 7.91. The Kier molecular flexibility index (Phi) is 4.60. The minimum atomic E-state index is -0.404. The molecule has 24 heavy (non-hydrogen) atoms. The highest BCUT2D eigenvalue weighted by molar-refractivity contribution is 5.80. The van der Waals surface area contributed by atoms with Gasteiger partial charge in [0.15, 0.2) is 0 Å². The number of nitroso groups, excluding NO2 is 1. The number of carbonyl (C=O) groups is 1. The smallest absolute Gasteiger partial charge is 0.225 e. The lowest BCUT2D eigenvalue weighted by atomic mass is 9.92. The maximum atomic E-state index is 12.6. The molecule has 1 amide bonds. The minimum Gasteiger partial charge on any atom is -0.351 e. The quantitative estimate of drug-likeness (QED) is 0.878. The average molecular weight is 323 g/mol. The van der Waals surface area contributed by atoms with Gasteiger partial charge >= 0.3 is 0 Å². The van der Waals surface area contributed by atoms with Crippen LogP contribution in [-0.2, 0) is 4.79 Å². The Balaban J connectivity index is 2.12. The van der Waals surface area contributed by atoms with Crippen LogP contribution in [0.4, 0.5) is 0 Å². The van der Waals surface area contributed by atoms with Crippen LogP contribution < -0.4 is 5.32 Å². The highest BCUT2D eigenvalue weighted by Crippen LogP contribution is 2.39. The predicted octanol–water partition coefficient (Wildman–Crippen LogP) is 3.61. The molecule has 4 atom stereocenters. The number of benzene rings is 2. The molecule has 124 valence electrons. The molecule has 1 heterocycles. The molecule has 1 aliphatic rings. The van der Waals surface area contributed by atoms with E-state index < -0.39 is 6.04 Å². The van der Waals surface area contributed by atoms with Crippen molar-refractivity contribution in [2.75, 3.05) is 0 Å². The summed E-state index contributed by atoms with van der Waals surface area (Å²) in [6.07, 6.45) is 0. The third-order valence-corrected chi connectivity index (χ3v) is 4.68. The van der Waals surface area contributed by atoms with Crippen molar-refractivity contribution >= 4 is 5.91 Å². The van der Waals surface area contributed by atoms with E-state index in [9.17, 15) is 9.70 Å². The number of nitrogens with one attached hydrogen (secondary N) is 1. The topological polar surface area (TPSA) is 61.8 Å². The SMILES string of the molecule is CC1NC(=O)C(C)C(c2ccccc2)N(N=O)C1c1ccccc1. The fraction of sp³-hybridized carbons (Fsp3) is 0.316. The van der Waals surface area contributed by atoms with Crippen molar-refractivity contribution in [3.8, 4) is 0 Å². The molecule has 5 nitrogen and oxygen atoms in total. The molecular formula is C19H21N3O2. The van der Waals surface area contributed by atoms with Crippen molar-refractivity contribution in [3.63, 3.8) is 0 Å². The zero-order valence-electron chi connectivity index (χ0n) is 13.8. The Morgan fingerprint density at radius 1 is 0.875 bits per heavy atom. The molecule has 2 aromatic rings. The van der Waals surface area contributed by atoms with Gasteiger partial charge in [-0.15, -0.1) is 4.91 Å². The van der Waals surface area contributed by atoms with E-state index in [0.29, 0.717) is 0 Å². The molecule has 5 heteroatoms. The maximum Gasteiger partial charge on any atom is 0.225 e. The van der Waals surface area contributed by atoms with E-state index in [1.54, 1.807) is 0 Å². The second kappa shape index (κ2) is 6.83. The summed E-state index contributed by atoms with van der Waals surface area (Å²) in [6, 6.07) is 18.4. The van der Waals surface area contributed by atoms with Crippen LogP contribution in [0.3, 0.4) is 0 Å². The van der Waals surface area contributed by atoms with Crippen LogP contribution in [0.2, 0.25) is 0 Å². The van der Waals surface area contributed by atoms with E-state index in [-0.39, 0.29) is 23.9 Å². The molecule has 4 unspecified atom stereocenters. The van der Waals surface area contributed by atoms with Crippen molar-refractivity contribution < 1.29 is 4.79 Å². The van der Waals surface area contributed by atoms with Crippen molar-refractivity contribution in [2.45, 2.75) is 32.0 Å². The Morgan fingerprint density at radius 2 is 1.38 bits per heavy atom. The van der Waals surface area contributed by atoms with Crippen molar-refractivity contribution in [3.05, 3.63) is 76.7 Å². The van der Waals surface area contributed by atoms with Crippen LogP contribution in [0.1, 0.15) is 37.1 Å². The summed E-state index contributed by atoms with van der Waals surface area (Å²) in [6.45, 7) is 3.75. The summed E-state index contributed by atoms with van der Waals surface area (Å²) in [7, 11) is 0. The van der Waals surface area contributed by atoms with E-state index >= 15 is 0 Å². The second-order valence-electron chi connectivity index (χ2n) is 6.26. The lowest BCUT2D eigenvalue weighted by Gasteiger charge is -2.35. The maximum absolute atomic E-state index is 12.6. The van der Waals surface area contributed by atoms with Gasteiger partial charge in [-0.05, 0) is 18.1 Å². The van der Waals surface area contributed by atoms with Crippen LogP contribution in [0, 0.1) is 10.8 Å². The highest BCUT2D eigenvalue weighted by Gasteiger charge is 2.42. The average Bonchev–Trinajstić information content (AvgIpc) is 2.71. The first kappa shape index (κ1) is 16.2. The van der Waals surface area contributed by atoms with E-state index in [4.69, 9.17) is 0 Å². The Hall–Kier alpha value is -2.69. The molecule has 0 saturated carbocycles. The molecule has 0 spiro atoms. The zero-order valence-corrected chi connectivity index (χ0v) is 13.8. The molecule has 0 radical (unpaired) electrons. The number of hydrogen-bond donors (Lipinski definition) is 1. The summed E-state index contributed by atoms with van der Waals surface area (Å²) in [5.74, 6) is -0.454. The summed E-state index contributed by atoms with van der Waals surface area (Å²) < 4.78 is 0. The molecule has 3 rings (SSSR count). The van der Waals surface area contributed by atoms with Crippen LogP contribution in [0.15, 0.2) is 65.9 Å². The van der Waals surface area contributed by atoms with Crippen LogP contribution in [0.25, 0.3) is 0 Å². The van der Waals surface area contributed by atoms with Gasteiger partial charge in [0.05, 0.1) is 29.3 Å². The molecule has 0 aliphatic carbocycles. The zero-order chi connectivity index (χ0) is 17.1. The minimum absolute atomic E-state index is 0.0663. The van der Waals surface area contributed by atoms with E-state index in [1.807, 2.05) is 74.5 Å². The van der Waals surface area contributed by atoms with E-state index in [1.165, 1.54) is 5.01 Å². The van der Waals surface area contributed by atoms with Crippen molar-refractivity contribution in [1.82, 2.24) is 10.3 Å². The molecular weight excluding hydrogens is 302 g/mol. The van der Waals surface area contributed by atoms with Gasteiger partial charge in [0.25, 0.3) is 0 Å². The molecule has 0 bridgehead atoms. The van der Waals surface area contributed by atoms with Gasteiger partial charge in [0.2, 0.25) is 5.91 Å². The van der Waals surface area contributed by atoms with E-state index in [2.05, 4.69) is 10.6 Å². The van der Waals surface area contributed by atoms with E-state index in [0.717, 1.165) is 11.1 Å². The summed E-state index contributed by atoms with van der Waals surface area (Å²) in [5.41, 5.74) is 1.87. The molecule has 1 saturated heterocycles. The highest BCUT2D eigenvalue weighted by atomic mass is 16.3. The molecule has 0 aromatic heterocycles. The molecule has 1 aliphatic heterocycles. The van der Waals surface area contributed by atoms with Gasteiger partial charge < -0.3 is 5.32 Å². The van der Waals surface area contributed by atoms with Gasteiger partial charge in [-0.1, -0.05) is 67.6 Å². The fourth-order valence-electron chi connectivity index (χ4n) is 3.49. The Morgan fingerprint density at radius 3 is 1.88 bits per heavy atom. The molecule has 2 aromatic carbocycles. The Labute approximate surface area is 141 Å².